The number of nitrogens with one attached hydrogen (secondary N) is 1. The minimum atomic E-state index is -3.27. The highest BCUT2D eigenvalue weighted by molar-refractivity contribution is 7.88. The van der Waals surface area contributed by atoms with E-state index < -0.39 is 15.6 Å². The molecule has 0 saturated carbocycles. The van der Waals surface area contributed by atoms with E-state index in [-0.39, 0.29) is 0 Å². The fourth-order valence-corrected chi connectivity index (χ4v) is 5.83. The monoisotopic (exact) mass is 374 g/mol. The second-order valence-electron chi connectivity index (χ2n) is 7.42. The van der Waals surface area contributed by atoms with Gasteiger partial charge in [0.2, 0.25) is 10.0 Å². The molecule has 1 fully saturated rings. The number of likely N-dealkylation sites (tertiary alicyclic amines) is 1. The molecule has 0 atom stereocenters. The number of hydrogen-bond donors (Lipinski definition) is 1. The Labute approximate surface area is 155 Å². The van der Waals surface area contributed by atoms with Crippen LogP contribution in [0.3, 0.4) is 0 Å². The van der Waals surface area contributed by atoms with Gasteiger partial charge in [-0.2, -0.15) is 4.31 Å². The molecule has 2 aliphatic rings. The zero-order valence-electron chi connectivity index (χ0n) is 15.2. The maximum absolute atomic E-state index is 12.5. The smallest absolute Gasteiger partial charge is 0.212 e. The molecule has 7 heteroatoms. The lowest BCUT2D eigenvalue weighted by Crippen LogP contribution is -2.58. The first-order valence-corrected chi connectivity index (χ1v) is 11.1. The van der Waals surface area contributed by atoms with Crippen LogP contribution in [0.5, 0.6) is 0 Å². The van der Waals surface area contributed by atoms with Crippen LogP contribution >= 0.6 is 0 Å². The molecule has 4 rings (SSSR count). The first-order valence-electron chi connectivity index (χ1n) is 9.26. The van der Waals surface area contributed by atoms with Gasteiger partial charge in [0.25, 0.3) is 0 Å². The van der Waals surface area contributed by atoms with Gasteiger partial charge >= 0.3 is 0 Å². The van der Waals surface area contributed by atoms with Crippen molar-refractivity contribution in [2.75, 3.05) is 32.4 Å². The Morgan fingerprint density at radius 2 is 1.88 bits per heavy atom. The highest BCUT2D eigenvalue weighted by atomic mass is 32.2. The first-order chi connectivity index (χ1) is 12.5. The summed E-state index contributed by atoms with van der Waals surface area (Å²) in [6, 6.07) is 10.5. The molecule has 1 aromatic carbocycles. The molecule has 0 amide bonds. The van der Waals surface area contributed by atoms with Crippen LogP contribution < -0.4 is 0 Å². The van der Waals surface area contributed by atoms with E-state index >= 15 is 0 Å². The van der Waals surface area contributed by atoms with Crippen LogP contribution in [-0.4, -0.2) is 60.0 Å². The molecule has 2 aromatic rings. The summed E-state index contributed by atoms with van der Waals surface area (Å²) in [7, 11) is -3.27. The quantitative estimate of drug-likeness (QED) is 0.885. The number of aromatic nitrogens is 2. The Morgan fingerprint density at radius 3 is 2.58 bits per heavy atom. The van der Waals surface area contributed by atoms with E-state index in [0.29, 0.717) is 13.0 Å². The Hall–Kier alpha value is -1.70. The van der Waals surface area contributed by atoms with Crippen molar-refractivity contribution >= 4 is 10.0 Å². The van der Waals surface area contributed by atoms with Crippen LogP contribution in [0.25, 0.3) is 0 Å². The van der Waals surface area contributed by atoms with Gasteiger partial charge in [-0.1, -0.05) is 30.3 Å². The molecule has 1 saturated heterocycles. The van der Waals surface area contributed by atoms with E-state index in [1.54, 1.807) is 10.6 Å². The molecule has 6 nitrogen and oxygen atoms in total. The Morgan fingerprint density at radius 1 is 1.15 bits per heavy atom. The molecular weight excluding hydrogens is 348 g/mol. The minimum absolute atomic E-state index is 0.482. The highest BCUT2D eigenvalue weighted by Crippen LogP contribution is 2.43. The van der Waals surface area contributed by atoms with Crippen LogP contribution in [0.4, 0.5) is 0 Å². The van der Waals surface area contributed by atoms with Crippen LogP contribution in [0.1, 0.15) is 29.8 Å². The largest absolute Gasteiger partial charge is 0.348 e. The predicted molar refractivity (Wildman–Crippen MR) is 101 cm³/mol. The van der Waals surface area contributed by atoms with Gasteiger partial charge in [0.05, 0.1) is 23.8 Å². The molecule has 2 aliphatic heterocycles. The summed E-state index contributed by atoms with van der Waals surface area (Å²) in [5.74, 6) is 0. The maximum Gasteiger partial charge on any atom is 0.212 e. The minimum Gasteiger partial charge on any atom is -0.348 e. The Bertz CT molecular complexity index is 855. The molecule has 1 spiro atoms. The van der Waals surface area contributed by atoms with E-state index in [4.69, 9.17) is 0 Å². The molecule has 0 radical (unpaired) electrons. The molecule has 0 bridgehead atoms. The summed E-state index contributed by atoms with van der Waals surface area (Å²) < 4.78 is 26.6. The lowest BCUT2D eigenvalue weighted by molar-refractivity contribution is 0.0643. The van der Waals surface area contributed by atoms with Crippen molar-refractivity contribution in [2.24, 2.45) is 0 Å². The second-order valence-corrected chi connectivity index (χ2v) is 9.33. The fourth-order valence-electron chi connectivity index (χ4n) is 4.51. The van der Waals surface area contributed by atoms with E-state index in [1.165, 1.54) is 11.8 Å². The number of hydrogen-bond acceptors (Lipinski definition) is 4. The Balaban J connectivity index is 1.50. The molecular formula is C19H26N4O2S. The van der Waals surface area contributed by atoms with Gasteiger partial charge in [-0.15, -0.1) is 0 Å². The Kier molecular flexibility index (Phi) is 4.62. The zero-order valence-corrected chi connectivity index (χ0v) is 16.0. The van der Waals surface area contributed by atoms with Crippen LogP contribution in [-0.2, 0) is 28.4 Å². The number of rotatable bonds is 4. The number of benzene rings is 1. The van der Waals surface area contributed by atoms with Gasteiger partial charge in [-0.3, -0.25) is 0 Å². The lowest BCUT2D eigenvalue weighted by Gasteiger charge is -2.49. The van der Waals surface area contributed by atoms with Gasteiger partial charge in [-0.05, 0) is 24.8 Å². The van der Waals surface area contributed by atoms with E-state index in [9.17, 15) is 8.42 Å². The molecule has 3 heterocycles. The van der Waals surface area contributed by atoms with Gasteiger partial charge < -0.3 is 9.88 Å². The average Bonchev–Trinajstić information content (AvgIpc) is 3.11. The van der Waals surface area contributed by atoms with Gasteiger partial charge in [0.15, 0.2) is 0 Å². The zero-order chi connectivity index (χ0) is 18.2. The highest BCUT2D eigenvalue weighted by Gasteiger charge is 2.50. The number of fused-ring (bicyclic) bond motifs is 2. The maximum atomic E-state index is 12.5. The molecule has 0 unspecified atom stereocenters. The van der Waals surface area contributed by atoms with Crippen LogP contribution in [0.15, 0.2) is 36.7 Å². The first kappa shape index (κ1) is 17.7. The van der Waals surface area contributed by atoms with Gasteiger partial charge in [0.1, 0.15) is 0 Å². The van der Waals surface area contributed by atoms with Crippen LogP contribution in [0, 0.1) is 0 Å². The molecule has 1 aromatic heterocycles. The third-order valence-electron chi connectivity index (χ3n) is 5.84. The SMILES string of the molecule is CS(=O)(=O)N1CCc2[nH]cnc2C12CCN(CCc1ccccc1)CC2. The summed E-state index contributed by atoms with van der Waals surface area (Å²) in [6.07, 6.45) is 6.37. The third-order valence-corrected chi connectivity index (χ3v) is 7.18. The topological polar surface area (TPSA) is 69.3 Å². The van der Waals surface area contributed by atoms with Gasteiger partial charge in [0, 0.05) is 38.3 Å². The summed E-state index contributed by atoms with van der Waals surface area (Å²) in [6.45, 7) is 3.33. The summed E-state index contributed by atoms with van der Waals surface area (Å²) in [4.78, 5) is 10.2. The number of sulfonamides is 1. The number of aromatic amines is 1. The van der Waals surface area contributed by atoms with E-state index in [1.807, 2.05) is 6.07 Å². The summed E-state index contributed by atoms with van der Waals surface area (Å²) >= 11 is 0. The summed E-state index contributed by atoms with van der Waals surface area (Å²) in [5, 5.41) is 0. The number of nitrogens with zero attached hydrogens (tertiary/aromatic N) is 3. The van der Waals surface area contributed by atoms with Crippen molar-refractivity contribution in [3.63, 3.8) is 0 Å². The third kappa shape index (κ3) is 3.19. The molecule has 140 valence electrons. The number of piperidine rings is 1. The van der Waals surface area contributed by atoms with Crippen molar-refractivity contribution in [2.45, 2.75) is 31.2 Å². The average molecular weight is 375 g/mol. The standard InChI is InChI=1S/C19H26N4O2S/c1-26(24,25)23-12-8-17-18(21-15-20-17)19(23)9-13-22(14-10-19)11-7-16-5-3-2-4-6-16/h2-6,15H,7-14H2,1H3,(H,20,21). The van der Waals surface area contributed by atoms with Crippen molar-refractivity contribution in [3.05, 3.63) is 53.6 Å². The summed E-state index contributed by atoms with van der Waals surface area (Å²) in [5.41, 5.74) is 2.90. The number of imidazole rings is 1. The van der Waals surface area contributed by atoms with Crippen LogP contribution in [0.2, 0.25) is 0 Å². The molecule has 0 aliphatic carbocycles. The van der Waals surface area contributed by atoms with Crippen molar-refractivity contribution < 1.29 is 8.42 Å². The molecule has 26 heavy (non-hydrogen) atoms. The normalized spacial score (nSPS) is 21.0. The van der Waals surface area contributed by atoms with Crippen molar-refractivity contribution in [3.8, 4) is 0 Å². The fraction of sp³-hybridized carbons (Fsp3) is 0.526. The van der Waals surface area contributed by atoms with E-state index in [0.717, 1.165) is 50.3 Å². The van der Waals surface area contributed by atoms with Gasteiger partial charge in [-0.25, -0.2) is 13.4 Å². The van der Waals surface area contributed by atoms with Crippen molar-refractivity contribution in [1.29, 1.82) is 0 Å². The lowest BCUT2D eigenvalue weighted by atomic mass is 9.80. The predicted octanol–water partition coefficient (Wildman–Crippen LogP) is 1.76. The van der Waals surface area contributed by atoms with E-state index in [2.05, 4.69) is 39.1 Å². The second kappa shape index (κ2) is 6.79. The number of H-pyrrole nitrogens is 1. The molecule has 1 N–H and O–H groups in total. The van der Waals surface area contributed by atoms with Crippen molar-refractivity contribution in [1.82, 2.24) is 19.2 Å².